The van der Waals surface area contributed by atoms with Crippen molar-refractivity contribution < 1.29 is 14.1 Å². The average molecular weight is 399 g/mol. The van der Waals surface area contributed by atoms with Crippen LogP contribution in [0, 0.1) is 6.92 Å². The van der Waals surface area contributed by atoms with Crippen molar-refractivity contribution in [2.24, 2.45) is 10.7 Å². The third kappa shape index (κ3) is 5.70. The highest BCUT2D eigenvalue weighted by Crippen LogP contribution is 2.36. The number of nitrogens with two attached hydrogens (primary N) is 1. The van der Waals surface area contributed by atoms with E-state index in [1.165, 1.54) is 12.4 Å². The molecule has 0 radical (unpaired) electrons. The molecule has 1 aliphatic heterocycles. The summed E-state index contributed by atoms with van der Waals surface area (Å²) in [5.74, 6) is -0.255. The Balaban J connectivity index is 2.05. The molecule has 0 bridgehead atoms. The fraction of sp³-hybridized carbons (Fsp3) is 0.545. The molecule has 1 aromatic carbocycles. The Bertz CT molecular complexity index is 807. The highest BCUT2D eigenvalue weighted by Gasteiger charge is 2.51. The molecule has 0 aliphatic carbocycles. The first-order valence-corrected chi connectivity index (χ1v) is 9.96. The van der Waals surface area contributed by atoms with Crippen LogP contribution in [0.25, 0.3) is 0 Å². The van der Waals surface area contributed by atoms with Crippen molar-refractivity contribution in [1.82, 2.24) is 5.32 Å². The second kappa shape index (κ2) is 8.32. The van der Waals surface area contributed by atoms with Crippen LogP contribution in [0.3, 0.4) is 0 Å². The number of benzene rings is 1. The standard InChI is InChI=1S/C22H34BN3O3/c1-15-11-18(23-28-21(5,6)22(7,8)29-23)10-9-16(15)13-25-19(27)17(12-24)14-26-20(2,3)4/h9-12,14H,13,24H2,1-8H3,(H,25,27). The zero-order chi connectivity index (χ0) is 22.0. The Kier molecular flexibility index (Phi) is 6.65. The van der Waals surface area contributed by atoms with E-state index in [1.807, 2.05) is 73.6 Å². The summed E-state index contributed by atoms with van der Waals surface area (Å²) in [5.41, 5.74) is 7.95. The van der Waals surface area contributed by atoms with Crippen molar-refractivity contribution in [3.63, 3.8) is 0 Å². The molecular weight excluding hydrogens is 365 g/mol. The molecule has 0 atom stereocenters. The van der Waals surface area contributed by atoms with Crippen molar-refractivity contribution in [2.75, 3.05) is 0 Å². The summed E-state index contributed by atoms with van der Waals surface area (Å²) in [6.45, 7) is 16.4. The smallest absolute Gasteiger partial charge is 0.404 e. The lowest BCUT2D eigenvalue weighted by molar-refractivity contribution is -0.117. The van der Waals surface area contributed by atoms with Crippen LogP contribution in [-0.2, 0) is 20.6 Å². The normalized spacial score (nSPS) is 19.0. The Labute approximate surface area is 175 Å². The Morgan fingerprint density at radius 1 is 1.21 bits per heavy atom. The molecular formula is C22H34BN3O3. The zero-order valence-electron chi connectivity index (χ0n) is 18.9. The summed E-state index contributed by atoms with van der Waals surface area (Å²) < 4.78 is 12.2. The molecule has 2 rings (SSSR count). The predicted molar refractivity (Wildman–Crippen MR) is 119 cm³/mol. The molecule has 158 valence electrons. The summed E-state index contributed by atoms with van der Waals surface area (Å²) in [4.78, 5) is 16.7. The van der Waals surface area contributed by atoms with E-state index in [0.717, 1.165) is 16.6 Å². The SMILES string of the molecule is Cc1cc(B2OC(C)(C)C(C)(C)O2)ccc1CNC(=O)C(C=NC(C)(C)C)=CN. The molecule has 29 heavy (non-hydrogen) atoms. The van der Waals surface area contributed by atoms with E-state index in [-0.39, 0.29) is 22.6 Å². The van der Waals surface area contributed by atoms with E-state index in [9.17, 15) is 4.79 Å². The van der Waals surface area contributed by atoms with Crippen LogP contribution in [0.5, 0.6) is 0 Å². The fourth-order valence-corrected chi connectivity index (χ4v) is 2.76. The highest BCUT2D eigenvalue weighted by atomic mass is 16.7. The van der Waals surface area contributed by atoms with Crippen LogP contribution in [0.2, 0.25) is 0 Å². The average Bonchev–Trinajstić information content (AvgIpc) is 2.81. The third-order valence-electron chi connectivity index (χ3n) is 5.36. The van der Waals surface area contributed by atoms with E-state index in [1.54, 1.807) is 0 Å². The van der Waals surface area contributed by atoms with E-state index in [2.05, 4.69) is 10.3 Å². The molecule has 1 aliphatic rings. The van der Waals surface area contributed by atoms with Crippen LogP contribution in [0.1, 0.15) is 59.6 Å². The number of carbonyl (C=O) groups excluding carboxylic acids is 1. The minimum atomic E-state index is -0.400. The molecule has 1 aromatic rings. The maximum absolute atomic E-state index is 12.4. The number of aliphatic imine (C=N–C) groups is 1. The van der Waals surface area contributed by atoms with Gasteiger partial charge in [0.15, 0.2) is 0 Å². The quantitative estimate of drug-likeness (QED) is 0.453. The highest BCUT2D eigenvalue weighted by molar-refractivity contribution is 6.62. The number of hydrogen-bond acceptors (Lipinski definition) is 5. The fourth-order valence-electron chi connectivity index (χ4n) is 2.76. The van der Waals surface area contributed by atoms with Crippen molar-refractivity contribution in [1.29, 1.82) is 0 Å². The number of nitrogens with one attached hydrogen (secondary N) is 1. The maximum Gasteiger partial charge on any atom is 0.494 e. The summed E-state index contributed by atoms with van der Waals surface area (Å²) in [7, 11) is -0.400. The second-order valence-corrected chi connectivity index (χ2v) is 9.51. The minimum absolute atomic E-state index is 0.255. The molecule has 0 spiro atoms. The van der Waals surface area contributed by atoms with Gasteiger partial charge in [-0.2, -0.15) is 0 Å². The molecule has 7 heteroatoms. The topological polar surface area (TPSA) is 85.9 Å². The van der Waals surface area contributed by atoms with E-state index >= 15 is 0 Å². The molecule has 6 nitrogen and oxygen atoms in total. The van der Waals surface area contributed by atoms with Crippen LogP contribution in [0.4, 0.5) is 0 Å². The summed E-state index contributed by atoms with van der Waals surface area (Å²) in [6, 6.07) is 6.02. The van der Waals surface area contributed by atoms with E-state index in [0.29, 0.717) is 12.1 Å². The first-order valence-electron chi connectivity index (χ1n) is 9.96. The van der Waals surface area contributed by atoms with Gasteiger partial charge in [-0.3, -0.25) is 9.79 Å². The van der Waals surface area contributed by atoms with Gasteiger partial charge in [0.05, 0.1) is 22.3 Å². The molecule has 1 saturated heterocycles. The summed E-state index contributed by atoms with van der Waals surface area (Å²) in [6.07, 6.45) is 2.79. The van der Waals surface area contributed by atoms with Gasteiger partial charge in [0.25, 0.3) is 5.91 Å². The molecule has 1 fully saturated rings. The van der Waals surface area contributed by atoms with Gasteiger partial charge >= 0.3 is 7.12 Å². The number of nitrogens with zero attached hydrogens (tertiary/aromatic N) is 1. The van der Waals surface area contributed by atoms with Crippen molar-refractivity contribution in [3.8, 4) is 0 Å². The first-order chi connectivity index (χ1) is 13.3. The number of carbonyl (C=O) groups is 1. The molecule has 1 amide bonds. The van der Waals surface area contributed by atoms with Gasteiger partial charge in [-0.15, -0.1) is 0 Å². The van der Waals surface area contributed by atoms with Crippen LogP contribution >= 0.6 is 0 Å². The predicted octanol–water partition coefficient (Wildman–Crippen LogP) is 2.62. The monoisotopic (exact) mass is 399 g/mol. The number of amides is 1. The Morgan fingerprint density at radius 2 is 1.79 bits per heavy atom. The number of aryl methyl sites for hydroxylation is 1. The van der Waals surface area contributed by atoms with Gasteiger partial charge in [0, 0.05) is 19.0 Å². The molecule has 0 saturated carbocycles. The lowest BCUT2D eigenvalue weighted by Gasteiger charge is -2.32. The number of hydrogen-bond donors (Lipinski definition) is 2. The van der Waals surface area contributed by atoms with Crippen molar-refractivity contribution in [2.45, 2.75) is 78.7 Å². The Morgan fingerprint density at radius 3 is 2.28 bits per heavy atom. The maximum atomic E-state index is 12.4. The van der Waals surface area contributed by atoms with Crippen LogP contribution in [-0.4, -0.2) is 36.0 Å². The summed E-state index contributed by atoms with van der Waals surface area (Å²) >= 11 is 0. The van der Waals surface area contributed by atoms with Gasteiger partial charge in [0.2, 0.25) is 0 Å². The third-order valence-corrected chi connectivity index (χ3v) is 5.36. The zero-order valence-corrected chi connectivity index (χ0v) is 18.9. The molecule has 3 N–H and O–H groups in total. The van der Waals surface area contributed by atoms with Crippen molar-refractivity contribution in [3.05, 3.63) is 41.1 Å². The molecule has 1 heterocycles. The minimum Gasteiger partial charge on any atom is -0.404 e. The van der Waals surface area contributed by atoms with Gasteiger partial charge < -0.3 is 20.4 Å². The lowest BCUT2D eigenvalue weighted by atomic mass is 9.78. The second-order valence-electron chi connectivity index (χ2n) is 9.51. The van der Waals surface area contributed by atoms with E-state index < -0.39 is 7.12 Å². The Hall–Kier alpha value is -2.12. The van der Waals surface area contributed by atoms with Gasteiger partial charge in [-0.05, 0) is 72.0 Å². The first kappa shape index (κ1) is 23.2. The largest absolute Gasteiger partial charge is 0.494 e. The van der Waals surface area contributed by atoms with Crippen LogP contribution in [0.15, 0.2) is 35.0 Å². The van der Waals surface area contributed by atoms with Gasteiger partial charge in [-0.1, -0.05) is 18.2 Å². The molecule has 0 unspecified atom stereocenters. The van der Waals surface area contributed by atoms with Gasteiger partial charge in [0.1, 0.15) is 0 Å². The van der Waals surface area contributed by atoms with E-state index in [4.69, 9.17) is 15.0 Å². The summed E-state index contributed by atoms with van der Waals surface area (Å²) in [5, 5.41) is 2.90. The lowest BCUT2D eigenvalue weighted by Crippen LogP contribution is -2.41. The van der Waals surface area contributed by atoms with Crippen molar-refractivity contribution >= 4 is 24.7 Å². The van der Waals surface area contributed by atoms with Crippen LogP contribution < -0.4 is 16.5 Å². The number of rotatable bonds is 5. The van der Waals surface area contributed by atoms with Gasteiger partial charge in [-0.25, -0.2) is 0 Å². The molecule has 0 aromatic heterocycles.